The van der Waals surface area contributed by atoms with Gasteiger partial charge in [0.25, 0.3) is 0 Å². The maximum Gasteiger partial charge on any atom is 0.228 e. The van der Waals surface area contributed by atoms with Crippen molar-refractivity contribution in [2.24, 2.45) is 11.8 Å². The van der Waals surface area contributed by atoms with E-state index < -0.39 is 29.7 Å². The van der Waals surface area contributed by atoms with Crippen LogP contribution < -0.4 is 5.32 Å². The first kappa shape index (κ1) is 25.7. The van der Waals surface area contributed by atoms with E-state index >= 15 is 4.39 Å². The van der Waals surface area contributed by atoms with E-state index in [1.807, 2.05) is 0 Å². The minimum atomic E-state index is -1.35. The monoisotopic (exact) mass is 535 g/mol. The molecule has 1 aromatic heterocycles. The van der Waals surface area contributed by atoms with E-state index in [0.717, 1.165) is 0 Å². The third kappa shape index (κ3) is 4.84. The van der Waals surface area contributed by atoms with Crippen molar-refractivity contribution in [3.8, 4) is 11.1 Å². The van der Waals surface area contributed by atoms with Crippen LogP contribution in [0.3, 0.4) is 0 Å². The predicted octanol–water partition coefficient (Wildman–Crippen LogP) is 6.27. The first-order valence-corrected chi connectivity index (χ1v) is 12.6. The molecule has 5 rings (SSSR count). The normalized spacial score (nSPS) is 19.0. The second-order valence-corrected chi connectivity index (χ2v) is 9.87. The number of fused-ring (bicyclic) bond motifs is 1. The van der Waals surface area contributed by atoms with Crippen LogP contribution in [0, 0.1) is 17.7 Å². The third-order valence-electron chi connectivity index (χ3n) is 6.97. The van der Waals surface area contributed by atoms with E-state index in [4.69, 9.17) is 11.6 Å². The Balaban J connectivity index is 1.38. The van der Waals surface area contributed by atoms with Crippen LogP contribution in [0.15, 0.2) is 66.7 Å². The molecule has 0 bridgehead atoms. The highest BCUT2D eigenvalue weighted by Gasteiger charge is 2.43. The highest BCUT2D eigenvalue weighted by Crippen LogP contribution is 2.37. The molecule has 0 aliphatic heterocycles. The lowest BCUT2D eigenvalue weighted by atomic mass is 9.91. The van der Waals surface area contributed by atoms with Gasteiger partial charge in [-0.25, -0.2) is 8.78 Å². The summed E-state index contributed by atoms with van der Waals surface area (Å²) in [5.41, 5.74) is 1.44. The Morgan fingerprint density at radius 1 is 0.974 bits per heavy atom. The van der Waals surface area contributed by atoms with E-state index in [1.54, 1.807) is 60.7 Å². The summed E-state index contributed by atoms with van der Waals surface area (Å²) in [6.45, 7) is 1.18. The quantitative estimate of drug-likeness (QED) is 0.283. The lowest BCUT2D eigenvalue weighted by molar-refractivity contribution is -0.130. The average Bonchev–Trinajstić information content (AvgIpc) is 3.47. The van der Waals surface area contributed by atoms with E-state index in [-0.39, 0.29) is 47.9 Å². The van der Waals surface area contributed by atoms with Gasteiger partial charge in [-0.1, -0.05) is 60.1 Å². The van der Waals surface area contributed by atoms with Crippen LogP contribution in [0.5, 0.6) is 0 Å². The van der Waals surface area contributed by atoms with E-state index in [0.29, 0.717) is 21.5 Å². The Labute approximate surface area is 222 Å². The highest BCUT2D eigenvalue weighted by molar-refractivity contribution is 6.33. The molecule has 1 unspecified atom stereocenters. The second-order valence-electron chi connectivity index (χ2n) is 9.46. The van der Waals surface area contributed by atoms with Crippen LogP contribution in [-0.2, 0) is 16.1 Å². The van der Waals surface area contributed by atoms with Gasteiger partial charge in [-0.15, -0.1) is 0 Å². The smallest absolute Gasteiger partial charge is 0.228 e. The van der Waals surface area contributed by atoms with Gasteiger partial charge >= 0.3 is 0 Å². The zero-order valence-corrected chi connectivity index (χ0v) is 21.2. The molecule has 6 nitrogen and oxygen atoms in total. The molecule has 9 heteroatoms. The zero-order chi connectivity index (χ0) is 27.0. The number of para-hydroxylation sites is 1. The summed E-state index contributed by atoms with van der Waals surface area (Å²) in [4.78, 5) is 38.6. The number of hydrogen-bond acceptors (Lipinski definition) is 4. The van der Waals surface area contributed by atoms with Gasteiger partial charge in [0, 0.05) is 34.4 Å². The molecule has 4 aromatic rings. The maximum atomic E-state index is 15.4. The number of alkyl halides is 1. The number of halogens is 3. The van der Waals surface area contributed by atoms with Gasteiger partial charge in [0.2, 0.25) is 5.91 Å². The Bertz CT molecular complexity index is 1570. The number of benzene rings is 3. The molecule has 1 N–H and O–H groups in total. The largest absolute Gasteiger partial charge is 0.323 e. The number of nitrogens with zero attached hydrogens (tertiary/aromatic N) is 2. The molecule has 1 heterocycles. The van der Waals surface area contributed by atoms with Gasteiger partial charge in [-0.05, 0) is 31.0 Å². The SMILES string of the molecule is CC(=O)c1nn(CC(=O)[C@@H]2CC(F)C[C@@H]2C(=O)Nc2cccc(-c3ccccc3Cl)c2F)c2ccccc12. The first-order valence-electron chi connectivity index (χ1n) is 12.2. The van der Waals surface area contributed by atoms with Gasteiger partial charge in [0.15, 0.2) is 17.4 Å². The molecule has 0 spiro atoms. The molecule has 1 fully saturated rings. The topological polar surface area (TPSA) is 81.1 Å². The molecule has 1 aliphatic rings. The summed E-state index contributed by atoms with van der Waals surface area (Å²) in [7, 11) is 0. The predicted molar refractivity (Wildman–Crippen MR) is 141 cm³/mol. The lowest BCUT2D eigenvalue weighted by Gasteiger charge is -2.19. The molecule has 1 saturated carbocycles. The van der Waals surface area contributed by atoms with Crippen molar-refractivity contribution in [3.63, 3.8) is 0 Å². The van der Waals surface area contributed by atoms with Crippen molar-refractivity contribution in [3.05, 3.63) is 83.3 Å². The van der Waals surface area contributed by atoms with Crippen LogP contribution in [0.4, 0.5) is 14.5 Å². The summed E-state index contributed by atoms with van der Waals surface area (Å²) in [6.07, 6.45) is -1.61. The second kappa shape index (κ2) is 10.5. The summed E-state index contributed by atoms with van der Waals surface area (Å²) in [6, 6.07) is 18.3. The molecular weight excluding hydrogens is 512 g/mol. The standard InChI is InChI=1S/C29H24ClF2N3O3/c1-16(36)28-20-8-3-5-12-25(20)35(34-28)15-26(37)21-13-17(31)14-22(21)29(38)33-24-11-6-9-19(27(24)32)18-7-2-4-10-23(18)30/h2-12,17,21-22H,13-15H2,1H3,(H,33,38)/t17?,21-,22+/m1/s1. The van der Waals surface area contributed by atoms with Gasteiger partial charge in [0.05, 0.1) is 17.1 Å². The molecule has 1 aliphatic carbocycles. The number of carbonyl (C=O) groups excluding carboxylic acids is 3. The van der Waals surface area contributed by atoms with Crippen LogP contribution in [0.1, 0.15) is 30.3 Å². The average molecular weight is 536 g/mol. The molecule has 1 amide bonds. The van der Waals surface area contributed by atoms with Gasteiger partial charge < -0.3 is 5.32 Å². The van der Waals surface area contributed by atoms with Crippen molar-refractivity contribution >= 4 is 45.7 Å². The third-order valence-corrected chi connectivity index (χ3v) is 7.30. The molecule has 3 atom stereocenters. The van der Waals surface area contributed by atoms with Crippen molar-refractivity contribution in [1.29, 1.82) is 0 Å². The molecule has 0 saturated heterocycles. The van der Waals surface area contributed by atoms with E-state index in [1.165, 1.54) is 17.7 Å². The van der Waals surface area contributed by atoms with E-state index in [2.05, 4.69) is 10.4 Å². The fourth-order valence-corrected chi connectivity index (χ4v) is 5.37. The van der Waals surface area contributed by atoms with Gasteiger partial charge in [-0.2, -0.15) is 5.10 Å². The van der Waals surface area contributed by atoms with Crippen LogP contribution in [0.2, 0.25) is 5.02 Å². The highest BCUT2D eigenvalue weighted by atomic mass is 35.5. The molecule has 38 heavy (non-hydrogen) atoms. The molecule has 0 radical (unpaired) electrons. The molecular formula is C29H24ClF2N3O3. The number of anilines is 1. The summed E-state index contributed by atoms with van der Waals surface area (Å²) < 4.78 is 31.3. The summed E-state index contributed by atoms with van der Waals surface area (Å²) >= 11 is 6.23. The fourth-order valence-electron chi connectivity index (χ4n) is 5.14. The molecule has 194 valence electrons. The van der Waals surface area contributed by atoms with Gasteiger partial charge in [-0.3, -0.25) is 19.1 Å². The number of ketones is 2. The van der Waals surface area contributed by atoms with Gasteiger partial charge in [0.1, 0.15) is 18.4 Å². The van der Waals surface area contributed by atoms with Crippen LogP contribution in [-0.4, -0.2) is 33.4 Å². The van der Waals surface area contributed by atoms with E-state index in [9.17, 15) is 18.8 Å². The minimum absolute atomic E-state index is 0.0786. The number of Topliss-reactive ketones (excluding diaryl/α,β-unsaturated/α-hetero) is 2. The Hall–Kier alpha value is -3.91. The molecule has 3 aromatic carbocycles. The van der Waals surface area contributed by atoms with Crippen molar-refractivity contribution in [2.45, 2.75) is 32.5 Å². The first-order chi connectivity index (χ1) is 18.2. The Kier molecular flexibility index (Phi) is 7.08. The Morgan fingerprint density at radius 2 is 1.66 bits per heavy atom. The lowest BCUT2D eigenvalue weighted by Crippen LogP contribution is -2.32. The number of aromatic nitrogens is 2. The van der Waals surface area contributed by atoms with Crippen molar-refractivity contribution in [1.82, 2.24) is 9.78 Å². The van der Waals surface area contributed by atoms with Crippen molar-refractivity contribution in [2.75, 3.05) is 5.32 Å². The van der Waals surface area contributed by atoms with Crippen LogP contribution in [0.25, 0.3) is 22.0 Å². The fraction of sp³-hybridized carbons (Fsp3) is 0.241. The van der Waals surface area contributed by atoms with Crippen molar-refractivity contribution < 1.29 is 23.2 Å². The maximum absolute atomic E-state index is 15.4. The zero-order valence-electron chi connectivity index (χ0n) is 20.5. The number of hydrogen-bond donors (Lipinski definition) is 1. The number of amides is 1. The minimum Gasteiger partial charge on any atom is -0.323 e. The Morgan fingerprint density at radius 3 is 2.42 bits per heavy atom. The summed E-state index contributed by atoms with van der Waals surface area (Å²) in [5, 5.41) is 7.84. The number of carbonyl (C=O) groups is 3. The van der Waals surface area contributed by atoms with Crippen LogP contribution >= 0.6 is 11.6 Å². The number of rotatable bonds is 7. The number of nitrogens with one attached hydrogen (secondary N) is 1. The summed E-state index contributed by atoms with van der Waals surface area (Å²) in [5.74, 6) is -3.81.